The second kappa shape index (κ2) is 11.1. The second-order valence-electron chi connectivity index (χ2n) is 8.78. The van der Waals surface area contributed by atoms with E-state index in [0.29, 0.717) is 34.5 Å². The van der Waals surface area contributed by atoms with Crippen molar-refractivity contribution in [1.29, 1.82) is 0 Å². The number of H-pyrrole nitrogens is 1. The van der Waals surface area contributed by atoms with Gasteiger partial charge in [-0.2, -0.15) is 13.2 Å². The molecule has 0 aliphatic rings. The largest absolute Gasteiger partial charge is 0.755 e. The first kappa shape index (κ1) is 28.8. The van der Waals surface area contributed by atoms with Crippen LogP contribution in [0.5, 0.6) is 0 Å². The van der Waals surface area contributed by atoms with E-state index in [1.807, 2.05) is 6.92 Å². The van der Waals surface area contributed by atoms with E-state index in [1.165, 1.54) is 12.4 Å². The molecule has 0 aliphatic heterocycles. The van der Waals surface area contributed by atoms with E-state index >= 15 is 4.39 Å². The summed E-state index contributed by atoms with van der Waals surface area (Å²) in [5, 5.41) is 0.196. The van der Waals surface area contributed by atoms with Crippen LogP contribution in [0.15, 0.2) is 54.9 Å². The number of carbonyl (C=O) groups is 2. The summed E-state index contributed by atoms with van der Waals surface area (Å²) in [4.78, 5) is 31.8. The van der Waals surface area contributed by atoms with Crippen LogP contribution < -0.4 is 10.0 Å². The Morgan fingerprint density at radius 3 is 2.40 bits per heavy atom. The Balaban J connectivity index is 1.80. The molecule has 3 N–H and O–H groups in total. The molecule has 1 amide bonds. The third-order valence-electron chi connectivity index (χ3n) is 6.30. The number of aromatic nitrogens is 2. The van der Waals surface area contributed by atoms with Crippen LogP contribution in [0.4, 0.5) is 33.3 Å². The Labute approximate surface area is 226 Å². The maximum Gasteiger partial charge on any atom is 0.416 e. The van der Waals surface area contributed by atoms with E-state index in [2.05, 4.69) is 9.97 Å². The predicted octanol–water partition coefficient (Wildman–Crippen LogP) is 5.39. The van der Waals surface area contributed by atoms with Crippen molar-refractivity contribution in [2.24, 2.45) is 5.73 Å². The summed E-state index contributed by atoms with van der Waals surface area (Å²) >= 11 is -3.27. The van der Waals surface area contributed by atoms with Crippen LogP contribution >= 0.6 is 0 Å². The Bertz CT molecular complexity index is 1620. The number of hydrogen-bond acceptors (Lipinski definition) is 5. The number of nitrogens with one attached hydrogen (secondary N) is 1. The summed E-state index contributed by atoms with van der Waals surface area (Å²) in [5.41, 5.74) is 2.58. The molecule has 8 nitrogen and oxygen atoms in total. The van der Waals surface area contributed by atoms with E-state index in [4.69, 9.17) is 5.73 Å². The molecule has 14 heteroatoms. The minimum absolute atomic E-state index is 0.00874. The number of hydrogen-bond donors (Lipinski definition) is 2. The Kier molecular flexibility index (Phi) is 8.03. The standard InChI is InChI=1S/C26H21F5N4O4S/c1-2-13(10-21(32)36)14-9-17-18(12-34-25(17)33-11-14)24(37)22-19(27)7-8-20(23(22)28)35(40(38)39)16-5-3-15(4-6-16)26(29,30)31/h3-9,11-13H,2,10H2,1H3,(H2,32,36)(H,33,34)(H,38,39)/p-1. The van der Waals surface area contributed by atoms with Crippen LogP contribution in [0.1, 0.15) is 52.7 Å². The summed E-state index contributed by atoms with van der Waals surface area (Å²) < 4.78 is 93.8. The summed E-state index contributed by atoms with van der Waals surface area (Å²) in [5.74, 6) is -4.87. The molecule has 2 aromatic carbocycles. The van der Waals surface area contributed by atoms with E-state index in [9.17, 15) is 35.9 Å². The fourth-order valence-electron chi connectivity index (χ4n) is 4.30. The molecular weight excluding hydrogens is 559 g/mol. The van der Waals surface area contributed by atoms with Gasteiger partial charge in [-0.1, -0.05) is 6.92 Å². The fourth-order valence-corrected chi connectivity index (χ4v) is 4.90. The fraction of sp³-hybridized carbons (Fsp3) is 0.192. The Hall–Kier alpha value is -4.17. The van der Waals surface area contributed by atoms with Crippen LogP contribution in [0.3, 0.4) is 0 Å². The molecule has 4 aromatic rings. The SMILES string of the molecule is CCC(CC(N)=O)c1cnc2[nH]cc(C(=O)c3c(F)ccc(N(c4ccc(C(F)(F)F)cc4)S(=O)[O-])c3F)c2c1. The van der Waals surface area contributed by atoms with Crippen molar-refractivity contribution in [3.05, 3.63) is 88.7 Å². The molecule has 210 valence electrons. The lowest BCUT2D eigenvalue weighted by Gasteiger charge is -2.27. The normalized spacial score (nSPS) is 13.3. The number of ketones is 1. The molecule has 0 bridgehead atoms. The minimum atomic E-state index is -4.70. The zero-order valence-corrected chi connectivity index (χ0v) is 21.4. The molecule has 0 aliphatic carbocycles. The third-order valence-corrected chi connectivity index (χ3v) is 7.01. The van der Waals surface area contributed by atoms with Gasteiger partial charge in [0.2, 0.25) is 11.7 Å². The number of alkyl halides is 3. The number of fused-ring (bicyclic) bond motifs is 1. The zero-order valence-electron chi connectivity index (χ0n) is 20.6. The molecule has 0 spiro atoms. The van der Waals surface area contributed by atoms with Crippen LogP contribution in [0, 0.1) is 11.6 Å². The van der Waals surface area contributed by atoms with Gasteiger partial charge < -0.3 is 15.3 Å². The maximum absolute atomic E-state index is 15.7. The molecular formula is C26H20F5N4O4S-. The van der Waals surface area contributed by atoms with Gasteiger partial charge in [0.1, 0.15) is 11.5 Å². The van der Waals surface area contributed by atoms with Crippen molar-refractivity contribution in [2.45, 2.75) is 31.9 Å². The molecule has 0 radical (unpaired) electrons. The van der Waals surface area contributed by atoms with Crippen molar-refractivity contribution >= 4 is 45.4 Å². The van der Waals surface area contributed by atoms with E-state index in [-0.39, 0.29) is 34.6 Å². The number of nitrogens with zero attached hydrogens (tertiary/aromatic N) is 2. The van der Waals surface area contributed by atoms with Gasteiger partial charge in [0, 0.05) is 29.8 Å². The van der Waals surface area contributed by atoms with Gasteiger partial charge in [0.15, 0.2) is 5.82 Å². The quantitative estimate of drug-likeness (QED) is 0.156. The lowest BCUT2D eigenvalue weighted by Crippen LogP contribution is -2.22. The summed E-state index contributed by atoms with van der Waals surface area (Å²) in [7, 11) is 0. The first-order valence-electron chi connectivity index (χ1n) is 11.7. The first-order chi connectivity index (χ1) is 18.8. The number of pyridine rings is 1. The summed E-state index contributed by atoms with van der Waals surface area (Å²) in [6, 6.07) is 5.76. The van der Waals surface area contributed by atoms with Crippen molar-refractivity contribution in [1.82, 2.24) is 9.97 Å². The number of halogens is 5. The van der Waals surface area contributed by atoms with E-state index in [1.54, 1.807) is 6.07 Å². The van der Waals surface area contributed by atoms with Crippen molar-refractivity contribution in [2.75, 3.05) is 4.31 Å². The number of primary amides is 1. The number of amides is 1. The number of carbonyl (C=O) groups excluding carboxylic acids is 2. The molecule has 2 unspecified atom stereocenters. The van der Waals surface area contributed by atoms with Gasteiger partial charge in [-0.15, -0.1) is 0 Å². The van der Waals surface area contributed by atoms with Crippen LogP contribution in [0.25, 0.3) is 11.0 Å². The molecule has 2 atom stereocenters. The monoisotopic (exact) mass is 579 g/mol. The van der Waals surface area contributed by atoms with Gasteiger partial charge in [-0.05, 0) is 60.4 Å². The highest BCUT2D eigenvalue weighted by atomic mass is 32.2. The van der Waals surface area contributed by atoms with Crippen LogP contribution in [-0.2, 0) is 22.2 Å². The molecule has 0 saturated heterocycles. The maximum atomic E-state index is 15.7. The smallest absolute Gasteiger partial charge is 0.416 e. The van der Waals surface area contributed by atoms with Crippen LogP contribution in [-0.4, -0.2) is 30.4 Å². The lowest BCUT2D eigenvalue weighted by atomic mass is 9.92. The zero-order chi connectivity index (χ0) is 29.4. The van der Waals surface area contributed by atoms with E-state index < -0.39 is 57.6 Å². The Morgan fingerprint density at radius 1 is 1.15 bits per heavy atom. The molecule has 40 heavy (non-hydrogen) atoms. The third kappa shape index (κ3) is 5.58. The van der Waals surface area contributed by atoms with Gasteiger partial charge in [-0.3, -0.25) is 18.1 Å². The number of rotatable bonds is 9. The predicted molar refractivity (Wildman–Crippen MR) is 135 cm³/mol. The topological polar surface area (TPSA) is 132 Å². The highest BCUT2D eigenvalue weighted by Crippen LogP contribution is 2.36. The van der Waals surface area contributed by atoms with Crippen molar-refractivity contribution in [3.63, 3.8) is 0 Å². The molecule has 0 fully saturated rings. The summed E-state index contributed by atoms with van der Waals surface area (Å²) in [6.45, 7) is 1.82. The second-order valence-corrected chi connectivity index (χ2v) is 9.58. The highest BCUT2D eigenvalue weighted by molar-refractivity contribution is 7.81. The highest BCUT2D eigenvalue weighted by Gasteiger charge is 2.31. The number of aromatic amines is 1. The number of anilines is 2. The van der Waals surface area contributed by atoms with Gasteiger partial charge in [0.05, 0.1) is 33.8 Å². The average Bonchev–Trinajstić information content (AvgIpc) is 3.31. The number of nitrogens with two attached hydrogens (primary N) is 1. The molecule has 4 rings (SSSR count). The van der Waals surface area contributed by atoms with Crippen molar-refractivity contribution < 1.29 is 40.3 Å². The number of benzene rings is 2. The molecule has 2 heterocycles. The summed E-state index contributed by atoms with van der Waals surface area (Å²) in [6.07, 6.45) is -1.51. The lowest BCUT2D eigenvalue weighted by molar-refractivity contribution is -0.137. The van der Waals surface area contributed by atoms with Crippen LogP contribution in [0.2, 0.25) is 0 Å². The van der Waals surface area contributed by atoms with Gasteiger partial charge in [0.25, 0.3) is 0 Å². The Morgan fingerprint density at radius 2 is 1.82 bits per heavy atom. The van der Waals surface area contributed by atoms with Crippen molar-refractivity contribution in [3.8, 4) is 0 Å². The molecule has 2 aromatic heterocycles. The average molecular weight is 580 g/mol. The van der Waals surface area contributed by atoms with E-state index in [0.717, 1.165) is 18.2 Å². The molecule has 0 saturated carbocycles. The van der Waals surface area contributed by atoms with Gasteiger partial charge >= 0.3 is 6.18 Å². The first-order valence-corrected chi connectivity index (χ1v) is 12.7. The van der Waals surface area contributed by atoms with Gasteiger partial charge in [-0.25, -0.2) is 13.8 Å². The minimum Gasteiger partial charge on any atom is -0.755 e.